The van der Waals surface area contributed by atoms with Crippen LogP contribution in [0.5, 0.6) is 0 Å². The fourth-order valence-corrected chi connectivity index (χ4v) is 2.16. The van der Waals surface area contributed by atoms with Crippen LogP contribution >= 0.6 is 11.8 Å². The minimum Gasteiger partial charge on any atom is -0.392 e. The second-order valence-electron chi connectivity index (χ2n) is 3.55. The van der Waals surface area contributed by atoms with Crippen molar-refractivity contribution in [3.63, 3.8) is 0 Å². The highest BCUT2D eigenvalue weighted by Crippen LogP contribution is 2.23. The van der Waals surface area contributed by atoms with Crippen LogP contribution in [0, 0.1) is 0 Å². The van der Waals surface area contributed by atoms with Crippen molar-refractivity contribution in [3.8, 4) is 0 Å². The molecule has 1 heterocycles. The lowest BCUT2D eigenvalue weighted by molar-refractivity contribution is 0.282. The van der Waals surface area contributed by atoms with Crippen molar-refractivity contribution in [3.05, 3.63) is 52.6 Å². The Morgan fingerprint density at radius 3 is 2.71 bits per heavy atom. The number of aliphatic hydroxyl groups is 1. The Bertz CT molecular complexity index is 563. The van der Waals surface area contributed by atoms with E-state index in [0.717, 1.165) is 10.5 Å². The summed E-state index contributed by atoms with van der Waals surface area (Å²) in [5.41, 5.74) is 0.743. The second-order valence-corrected chi connectivity index (χ2v) is 4.61. The Kier molecular flexibility index (Phi) is 3.61. The SMILES string of the molecule is Cn1ccnc(Sc2ccc(CO)cc2)c1=O. The van der Waals surface area contributed by atoms with Crippen molar-refractivity contribution in [1.29, 1.82) is 0 Å². The normalized spacial score (nSPS) is 10.5. The number of benzene rings is 1. The van der Waals surface area contributed by atoms with Crippen LogP contribution < -0.4 is 5.56 Å². The molecule has 0 saturated carbocycles. The lowest BCUT2D eigenvalue weighted by Gasteiger charge is -2.03. The third kappa shape index (κ3) is 2.75. The molecule has 0 radical (unpaired) electrons. The van der Waals surface area contributed by atoms with E-state index in [0.29, 0.717) is 5.03 Å². The third-order valence-electron chi connectivity index (χ3n) is 2.31. The maximum Gasteiger partial charge on any atom is 0.283 e. The summed E-state index contributed by atoms with van der Waals surface area (Å²) in [6.45, 7) is 0.0241. The standard InChI is InChI=1S/C12H12N2O2S/c1-14-7-6-13-11(12(14)16)17-10-4-2-9(8-15)3-5-10/h2-7,15H,8H2,1H3. The molecule has 1 aromatic heterocycles. The van der Waals surface area contributed by atoms with Gasteiger partial charge < -0.3 is 9.67 Å². The predicted octanol–water partition coefficient (Wildman–Crippen LogP) is 1.42. The van der Waals surface area contributed by atoms with E-state index >= 15 is 0 Å². The number of hydrogen-bond donors (Lipinski definition) is 1. The molecule has 5 heteroatoms. The fraction of sp³-hybridized carbons (Fsp3) is 0.167. The van der Waals surface area contributed by atoms with Crippen molar-refractivity contribution in [2.45, 2.75) is 16.5 Å². The van der Waals surface area contributed by atoms with Gasteiger partial charge in [-0.2, -0.15) is 0 Å². The van der Waals surface area contributed by atoms with Crippen LogP contribution in [0.4, 0.5) is 0 Å². The Labute approximate surface area is 103 Å². The number of nitrogens with zero attached hydrogens (tertiary/aromatic N) is 2. The van der Waals surface area contributed by atoms with Gasteiger partial charge in [0.1, 0.15) is 0 Å². The Morgan fingerprint density at radius 1 is 1.35 bits per heavy atom. The minimum absolute atomic E-state index is 0.0241. The molecule has 0 unspecified atom stereocenters. The Balaban J connectivity index is 2.25. The number of aryl methyl sites for hydroxylation is 1. The molecule has 2 aromatic rings. The predicted molar refractivity (Wildman–Crippen MR) is 66.0 cm³/mol. The minimum atomic E-state index is -0.108. The maximum absolute atomic E-state index is 11.7. The average molecular weight is 248 g/mol. The zero-order chi connectivity index (χ0) is 12.3. The van der Waals surface area contributed by atoms with Gasteiger partial charge in [-0.15, -0.1) is 0 Å². The van der Waals surface area contributed by atoms with Crippen LogP contribution in [0.15, 0.2) is 51.4 Å². The molecule has 1 N–H and O–H groups in total. The fourth-order valence-electron chi connectivity index (χ4n) is 1.32. The summed E-state index contributed by atoms with van der Waals surface area (Å²) in [6.07, 6.45) is 3.23. The van der Waals surface area contributed by atoms with E-state index in [1.54, 1.807) is 19.4 Å². The van der Waals surface area contributed by atoms with E-state index in [9.17, 15) is 4.79 Å². The first-order chi connectivity index (χ1) is 8.20. The number of aliphatic hydroxyl groups excluding tert-OH is 1. The number of hydrogen-bond acceptors (Lipinski definition) is 4. The van der Waals surface area contributed by atoms with Crippen LogP contribution in [-0.2, 0) is 13.7 Å². The summed E-state index contributed by atoms with van der Waals surface area (Å²) >= 11 is 1.32. The molecule has 0 bridgehead atoms. The summed E-state index contributed by atoms with van der Waals surface area (Å²) in [5.74, 6) is 0. The third-order valence-corrected chi connectivity index (χ3v) is 3.29. The van der Waals surface area contributed by atoms with E-state index in [2.05, 4.69) is 4.98 Å². The van der Waals surface area contributed by atoms with Crippen LogP contribution in [-0.4, -0.2) is 14.7 Å². The van der Waals surface area contributed by atoms with E-state index in [-0.39, 0.29) is 12.2 Å². The summed E-state index contributed by atoms with van der Waals surface area (Å²) in [6, 6.07) is 7.39. The van der Waals surface area contributed by atoms with Crippen LogP contribution in [0.1, 0.15) is 5.56 Å². The van der Waals surface area contributed by atoms with Crippen molar-refractivity contribution in [2.75, 3.05) is 0 Å². The lowest BCUT2D eigenvalue weighted by atomic mass is 10.2. The van der Waals surface area contributed by atoms with Gasteiger partial charge in [0.15, 0.2) is 5.03 Å². The van der Waals surface area contributed by atoms with Gasteiger partial charge in [0.2, 0.25) is 0 Å². The maximum atomic E-state index is 11.7. The number of aromatic nitrogens is 2. The van der Waals surface area contributed by atoms with Gasteiger partial charge in [-0.05, 0) is 17.7 Å². The molecule has 0 aliphatic rings. The Morgan fingerprint density at radius 2 is 2.06 bits per heavy atom. The van der Waals surface area contributed by atoms with Gasteiger partial charge in [0, 0.05) is 24.3 Å². The highest BCUT2D eigenvalue weighted by atomic mass is 32.2. The topological polar surface area (TPSA) is 55.1 Å². The first-order valence-corrected chi connectivity index (χ1v) is 5.91. The van der Waals surface area contributed by atoms with E-state index < -0.39 is 0 Å². The molecule has 0 spiro atoms. The van der Waals surface area contributed by atoms with Crippen LogP contribution in [0.2, 0.25) is 0 Å². The van der Waals surface area contributed by atoms with Gasteiger partial charge in [-0.25, -0.2) is 4.98 Å². The monoisotopic (exact) mass is 248 g/mol. The van der Waals surface area contributed by atoms with Gasteiger partial charge in [-0.3, -0.25) is 4.79 Å². The Hall–Kier alpha value is -1.59. The average Bonchev–Trinajstić information content (AvgIpc) is 2.36. The first kappa shape index (κ1) is 11.9. The van der Waals surface area contributed by atoms with Crippen LogP contribution in [0.3, 0.4) is 0 Å². The smallest absolute Gasteiger partial charge is 0.283 e. The van der Waals surface area contributed by atoms with E-state index in [4.69, 9.17) is 5.11 Å². The lowest BCUT2D eigenvalue weighted by Crippen LogP contribution is -2.18. The molecule has 2 rings (SSSR count). The van der Waals surface area contributed by atoms with Crippen molar-refractivity contribution in [2.24, 2.45) is 7.05 Å². The summed E-state index contributed by atoms with van der Waals surface area (Å²) in [4.78, 5) is 16.7. The van der Waals surface area contributed by atoms with Gasteiger partial charge in [0.25, 0.3) is 5.56 Å². The van der Waals surface area contributed by atoms with Crippen molar-refractivity contribution >= 4 is 11.8 Å². The largest absolute Gasteiger partial charge is 0.392 e. The molecule has 4 nitrogen and oxygen atoms in total. The molecule has 0 atom stereocenters. The van der Waals surface area contributed by atoms with Gasteiger partial charge in [-0.1, -0.05) is 23.9 Å². The first-order valence-electron chi connectivity index (χ1n) is 5.10. The molecular formula is C12H12N2O2S. The van der Waals surface area contributed by atoms with Crippen molar-refractivity contribution in [1.82, 2.24) is 9.55 Å². The quantitative estimate of drug-likeness (QED) is 0.892. The zero-order valence-electron chi connectivity index (χ0n) is 9.33. The van der Waals surface area contributed by atoms with Gasteiger partial charge >= 0.3 is 0 Å². The summed E-state index contributed by atoms with van der Waals surface area (Å²) in [7, 11) is 1.70. The number of rotatable bonds is 3. The molecule has 0 aliphatic carbocycles. The molecule has 17 heavy (non-hydrogen) atoms. The van der Waals surface area contributed by atoms with Gasteiger partial charge in [0.05, 0.1) is 6.61 Å². The zero-order valence-corrected chi connectivity index (χ0v) is 10.1. The van der Waals surface area contributed by atoms with Crippen LogP contribution in [0.25, 0.3) is 0 Å². The highest BCUT2D eigenvalue weighted by molar-refractivity contribution is 7.99. The molecule has 0 amide bonds. The van der Waals surface area contributed by atoms with Crippen molar-refractivity contribution < 1.29 is 5.11 Å². The molecule has 0 saturated heterocycles. The molecule has 0 fully saturated rings. The molecular weight excluding hydrogens is 236 g/mol. The van der Waals surface area contributed by atoms with E-state index in [1.165, 1.54) is 16.3 Å². The second kappa shape index (κ2) is 5.16. The molecule has 1 aromatic carbocycles. The highest BCUT2D eigenvalue weighted by Gasteiger charge is 2.04. The summed E-state index contributed by atoms with van der Waals surface area (Å²) in [5, 5.41) is 9.38. The molecule has 88 valence electrons. The van der Waals surface area contributed by atoms with E-state index in [1.807, 2.05) is 24.3 Å². The summed E-state index contributed by atoms with van der Waals surface area (Å²) < 4.78 is 1.50. The molecule has 0 aliphatic heterocycles.